The lowest BCUT2D eigenvalue weighted by Gasteiger charge is -2.21. The first-order chi connectivity index (χ1) is 9.26. The van der Waals surface area contributed by atoms with Gasteiger partial charge in [0.15, 0.2) is 0 Å². The molecular weight excluding hydrogens is 254 g/mol. The maximum Gasteiger partial charge on any atom is 0.137 e. The van der Waals surface area contributed by atoms with Gasteiger partial charge in [0.2, 0.25) is 0 Å². The maximum atomic E-state index is 6.14. The molecule has 2 aromatic rings. The van der Waals surface area contributed by atoms with E-state index in [2.05, 4.69) is 42.8 Å². The topological polar surface area (TPSA) is 35.2 Å². The average molecular weight is 275 g/mol. The first-order valence-electron chi connectivity index (χ1n) is 6.74. The van der Waals surface area contributed by atoms with Crippen molar-refractivity contribution >= 4 is 11.3 Å². The molecule has 0 saturated carbocycles. The molecule has 1 aromatic heterocycles. The molecule has 2 nitrogen and oxygen atoms in total. The minimum absolute atomic E-state index is 0.0588. The SMILES string of the molecule is CCC(C)c1ccccc1OC(CN)c1ccsc1. The van der Waals surface area contributed by atoms with Gasteiger partial charge >= 0.3 is 0 Å². The summed E-state index contributed by atoms with van der Waals surface area (Å²) in [6, 6.07) is 10.3. The summed E-state index contributed by atoms with van der Waals surface area (Å²) in [5.41, 5.74) is 8.27. The highest BCUT2D eigenvalue weighted by Crippen LogP contribution is 2.31. The third-order valence-electron chi connectivity index (χ3n) is 3.46. The minimum Gasteiger partial charge on any atom is -0.484 e. The lowest BCUT2D eigenvalue weighted by Crippen LogP contribution is -2.18. The summed E-state index contributed by atoms with van der Waals surface area (Å²) in [6.45, 7) is 4.91. The van der Waals surface area contributed by atoms with Gasteiger partial charge in [0.1, 0.15) is 11.9 Å². The Morgan fingerprint density at radius 3 is 2.68 bits per heavy atom. The predicted molar refractivity (Wildman–Crippen MR) is 81.9 cm³/mol. The minimum atomic E-state index is -0.0588. The number of benzene rings is 1. The van der Waals surface area contributed by atoms with Gasteiger partial charge in [-0.15, -0.1) is 0 Å². The fourth-order valence-corrected chi connectivity index (χ4v) is 2.78. The molecular formula is C16H21NOS. The Hall–Kier alpha value is -1.32. The van der Waals surface area contributed by atoms with Gasteiger partial charge in [0.05, 0.1) is 0 Å². The molecule has 0 aliphatic rings. The molecule has 2 atom stereocenters. The smallest absolute Gasteiger partial charge is 0.137 e. The van der Waals surface area contributed by atoms with Crippen LogP contribution in [-0.4, -0.2) is 6.54 Å². The van der Waals surface area contributed by atoms with Crippen LogP contribution in [-0.2, 0) is 0 Å². The second-order valence-electron chi connectivity index (χ2n) is 4.75. The quantitative estimate of drug-likeness (QED) is 0.851. The van der Waals surface area contributed by atoms with E-state index in [4.69, 9.17) is 10.5 Å². The van der Waals surface area contributed by atoms with Crippen molar-refractivity contribution in [2.24, 2.45) is 5.73 Å². The molecule has 2 rings (SSSR count). The van der Waals surface area contributed by atoms with E-state index >= 15 is 0 Å². The highest BCUT2D eigenvalue weighted by Gasteiger charge is 2.16. The highest BCUT2D eigenvalue weighted by atomic mass is 32.1. The fourth-order valence-electron chi connectivity index (χ4n) is 2.08. The molecule has 3 heteroatoms. The van der Waals surface area contributed by atoms with Crippen LogP contribution >= 0.6 is 11.3 Å². The standard InChI is InChI=1S/C16H21NOS/c1-3-12(2)14-6-4-5-7-15(14)18-16(10-17)13-8-9-19-11-13/h4-9,11-12,16H,3,10,17H2,1-2H3. The van der Waals surface area contributed by atoms with E-state index in [9.17, 15) is 0 Å². The second-order valence-corrected chi connectivity index (χ2v) is 5.53. The third-order valence-corrected chi connectivity index (χ3v) is 4.16. The summed E-state index contributed by atoms with van der Waals surface area (Å²) >= 11 is 1.67. The van der Waals surface area contributed by atoms with Gasteiger partial charge in [0.25, 0.3) is 0 Å². The number of hydrogen-bond acceptors (Lipinski definition) is 3. The van der Waals surface area contributed by atoms with Crippen molar-refractivity contribution in [1.82, 2.24) is 0 Å². The van der Waals surface area contributed by atoms with Crippen LogP contribution in [0.2, 0.25) is 0 Å². The van der Waals surface area contributed by atoms with Crippen molar-refractivity contribution < 1.29 is 4.74 Å². The number of para-hydroxylation sites is 1. The first kappa shape index (κ1) is 14.1. The van der Waals surface area contributed by atoms with E-state index in [1.807, 2.05) is 12.1 Å². The largest absolute Gasteiger partial charge is 0.484 e. The zero-order valence-corrected chi connectivity index (χ0v) is 12.3. The summed E-state index contributed by atoms with van der Waals surface area (Å²) in [5.74, 6) is 1.45. The van der Waals surface area contributed by atoms with Gasteiger partial charge < -0.3 is 10.5 Å². The van der Waals surface area contributed by atoms with Gasteiger partial charge in [-0.1, -0.05) is 32.0 Å². The molecule has 2 N–H and O–H groups in total. The predicted octanol–water partition coefficient (Wildman–Crippen LogP) is 4.34. The van der Waals surface area contributed by atoms with Crippen LogP contribution in [0.4, 0.5) is 0 Å². The average Bonchev–Trinajstić information content (AvgIpc) is 2.98. The molecule has 19 heavy (non-hydrogen) atoms. The number of nitrogens with two attached hydrogens (primary N) is 1. The first-order valence-corrected chi connectivity index (χ1v) is 7.68. The zero-order chi connectivity index (χ0) is 13.7. The molecule has 0 fully saturated rings. The van der Waals surface area contributed by atoms with Crippen molar-refractivity contribution in [3.8, 4) is 5.75 Å². The van der Waals surface area contributed by atoms with Crippen molar-refractivity contribution in [2.45, 2.75) is 32.3 Å². The highest BCUT2D eigenvalue weighted by molar-refractivity contribution is 7.07. The molecule has 0 radical (unpaired) electrons. The Balaban J connectivity index is 2.22. The summed E-state index contributed by atoms with van der Waals surface area (Å²) in [5, 5.41) is 4.16. The number of ether oxygens (including phenoxy) is 1. The number of hydrogen-bond donors (Lipinski definition) is 1. The van der Waals surface area contributed by atoms with Crippen LogP contribution in [0.3, 0.4) is 0 Å². The maximum absolute atomic E-state index is 6.14. The molecule has 1 aromatic carbocycles. The summed E-state index contributed by atoms with van der Waals surface area (Å²) in [6.07, 6.45) is 1.04. The Morgan fingerprint density at radius 1 is 1.26 bits per heavy atom. The monoisotopic (exact) mass is 275 g/mol. The molecule has 0 aliphatic carbocycles. The number of thiophene rings is 1. The van der Waals surface area contributed by atoms with E-state index in [0.717, 1.165) is 17.7 Å². The van der Waals surface area contributed by atoms with Crippen molar-refractivity contribution in [1.29, 1.82) is 0 Å². The Kier molecular flexibility index (Phi) is 5.00. The molecule has 2 unspecified atom stereocenters. The van der Waals surface area contributed by atoms with Crippen LogP contribution in [0, 0.1) is 0 Å². The van der Waals surface area contributed by atoms with Crippen molar-refractivity contribution in [3.63, 3.8) is 0 Å². The normalized spacial score (nSPS) is 14.1. The third kappa shape index (κ3) is 3.37. The van der Waals surface area contributed by atoms with Gasteiger partial charge in [-0.05, 0) is 40.8 Å². The zero-order valence-electron chi connectivity index (χ0n) is 11.5. The molecule has 0 spiro atoms. The van der Waals surface area contributed by atoms with Crippen molar-refractivity contribution in [3.05, 3.63) is 52.2 Å². The second kappa shape index (κ2) is 6.73. The van der Waals surface area contributed by atoms with Crippen LogP contribution in [0.1, 0.15) is 43.4 Å². The van der Waals surface area contributed by atoms with E-state index in [1.54, 1.807) is 11.3 Å². The van der Waals surface area contributed by atoms with E-state index in [-0.39, 0.29) is 6.10 Å². The van der Waals surface area contributed by atoms with E-state index in [1.165, 1.54) is 5.56 Å². The molecule has 102 valence electrons. The molecule has 0 bridgehead atoms. The Morgan fingerprint density at radius 2 is 2.05 bits per heavy atom. The lowest BCUT2D eigenvalue weighted by atomic mass is 9.97. The van der Waals surface area contributed by atoms with Gasteiger partial charge in [0, 0.05) is 12.1 Å². The van der Waals surface area contributed by atoms with Gasteiger partial charge in [-0.25, -0.2) is 0 Å². The molecule has 0 amide bonds. The fraction of sp³-hybridized carbons (Fsp3) is 0.375. The summed E-state index contributed by atoms with van der Waals surface area (Å²) in [7, 11) is 0. The van der Waals surface area contributed by atoms with Crippen LogP contribution in [0.25, 0.3) is 0 Å². The van der Waals surface area contributed by atoms with E-state index < -0.39 is 0 Å². The lowest BCUT2D eigenvalue weighted by molar-refractivity contribution is 0.211. The van der Waals surface area contributed by atoms with E-state index in [0.29, 0.717) is 12.5 Å². The summed E-state index contributed by atoms with van der Waals surface area (Å²) in [4.78, 5) is 0. The molecule has 1 heterocycles. The Labute approximate surface area is 119 Å². The van der Waals surface area contributed by atoms with Crippen molar-refractivity contribution in [2.75, 3.05) is 6.54 Å². The van der Waals surface area contributed by atoms with Crippen LogP contribution < -0.4 is 10.5 Å². The van der Waals surface area contributed by atoms with Crippen LogP contribution in [0.15, 0.2) is 41.1 Å². The molecule has 0 saturated heterocycles. The summed E-state index contributed by atoms with van der Waals surface area (Å²) < 4.78 is 6.14. The number of rotatable bonds is 6. The molecule has 0 aliphatic heterocycles. The Bertz CT molecular complexity index is 495. The van der Waals surface area contributed by atoms with Gasteiger partial charge in [-0.3, -0.25) is 0 Å². The van der Waals surface area contributed by atoms with Crippen LogP contribution in [0.5, 0.6) is 5.75 Å². The van der Waals surface area contributed by atoms with Gasteiger partial charge in [-0.2, -0.15) is 11.3 Å².